The number of nitrogens with zero attached hydrogens (tertiary/aromatic N) is 3. The number of fused-ring (bicyclic) bond motifs is 1. The minimum absolute atomic E-state index is 0.0494. The largest absolute Gasteiger partial charge is 0.379 e. The van der Waals surface area contributed by atoms with Crippen LogP contribution >= 0.6 is 0 Å². The van der Waals surface area contributed by atoms with Crippen LogP contribution in [0.4, 0.5) is 0 Å². The molecule has 0 spiro atoms. The number of morpholine rings is 1. The Labute approximate surface area is 126 Å². The lowest BCUT2D eigenvalue weighted by atomic mass is 10.1. The SMILES string of the molecule is CCC[C@@H]1c2cccn2CCN1S(=O)(=O)N1CCOCC1. The van der Waals surface area contributed by atoms with Gasteiger partial charge in [0.2, 0.25) is 0 Å². The van der Waals surface area contributed by atoms with Gasteiger partial charge in [-0.25, -0.2) is 0 Å². The van der Waals surface area contributed by atoms with Crippen LogP contribution in [0, 0.1) is 0 Å². The number of ether oxygens (including phenoxy) is 1. The van der Waals surface area contributed by atoms with Crippen molar-refractivity contribution in [2.45, 2.75) is 32.4 Å². The second-order valence-corrected chi connectivity index (χ2v) is 7.44. The van der Waals surface area contributed by atoms with Gasteiger partial charge >= 0.3 is 0 Å². The van der Waals surface area contributed by atoms with E-state index in [0.717, 1.165) is 25.1 Å². The molecule has 21 heavy (non-hydrogen) atoms. The molecule has 1 atom stereocenters. The number of hydrogen-bond donors (Lipinski definition) is 0. The number of hydrogen-bond acceptors (Lipinski definition) is 3. The van der Waals surface area contributed by atoms with E-state index in [2.05, 4.69) is 11.5 Å². The van der Waals surface area contributed by atoms with Crippen molar-refractivity contribution in [1.29, 1.82) is 0 Å². The Balaban J connectivity index is 1.89. The molecule has 1 saturated heterocycles. The minimum Gasteiger partial charge on any atom is -0.379 e. The fourth-order valence-electron chi connectivity index (χ4n) is 3.21. The van der Waals surface area contributed by atoms with E-state index < -0.39 is 10.2 Å². The maximum absolute atomic E-state index is 12.9. The molecular weight excluding hydrogens is 290 g/mol. The molecule has 6 nitrogen and oxygen atoms in total. The summed E-state index contributed by atoms with van der Waals surface area (Å²) < 4.78 is 36.6. The monoisotopic (exact) mass is 313 g/mol. The van der Waals surface area contributed by atoms with Crippen LogP contribution in [0.15, 0.2) is 18.3 Å². The average Bonchev–Trinajstić information content (AvgIpc) is 2.97. The lowest BCUT2D eigenvalue weighted by molar-refractivity contribution is 0.0682. The summed E-state index contributed by atoms with van der Waals surface area (Å²) in [6, 6.07) is 4.00. The van der Waals surface area contributed by atoms with Crippen LogP contribution in [0.1, 0.15) is 31.5 Å². The zero-order chi connectivity index (χ0) is 14.9. The molecule has 3 rings (SSSR count). The van der Waals surface area contributed by atoms with Gasteiger partial charge in [0.1, 0.15) is 0 Å². The Kier molecular flexibility index (Phi) is 4.35. The third-order valence-corrected chi connectivity index (χ3v) is 6.32. The van der Waals surface area contributed by atoms with Crippen molar-refractivity contribution in [2.24, 2.45) is 0 Å². The first-order chi connectivity index (χ1) is 10.1. The highest BCUT2D eigenvalue weighted by Crippen LogP contribution is 2.33. The first kappa shape index (κ1) is 15.0. The van der Waals surface area contributed by atoms with Gasteiger partial charge < -0.3 is 9.30 Å². The van der Waals surface area contributed by atoms with Crippen molar-refractivity contribution in [2.75, 3.05) is 32.8 Å². The molecule has 0 amide bonds. The molecule has 3 heterocycles. The summed E-state index contributed by atoms with van der Waals surface area (Å²) >= 11 is 0. The summed E-state index contributed by atoms with van der Waals surface area (Å²) in [7, 11) is -3.40. The fourth-order valence-corrected chi connectivity index (χ4v) is 4.96. The highest BCUT2D eigenvalue weighted by atomic mass is 32.2. The third-order valence-electron chi connectivity index (χ3n) is 4.27. The summed E-state index contributed by atoms with van der Waals surface area (Å²) in [6.07, 6.45) is 3.86. The van der Waals surface area contributed by atoms with Gasteiger partial charge in [-0.05, 0) is 18.6 Å². The first-order valence-corrected chi connectivity index (χ1v) is 9.04. The molecule has 2 aliphatic rings. The van der Waals surface area contributed by atoms with Crippen molar-refractivity contribution in [3.63, 3.8) is 0 Å². The van der Waals surface area contributed by atoms with Crippen molar-refractivity contribution in [1.82, 2.24) is 13.2 Å². The number of aromatic nitrogens is 1. The second kappa shape index (κ2) is 6.08. The van der Waals surface area contributed by atoms with Crippen molar-refractivity contribution < 1.29 is 13.2 Å². The topological polar surface area (TPSA) is 54.8 Å². The van der Waals surface area contributed by atoms with E-state index in [9.17, 15) is 8.42 Å². The minimum atomic E-state index is -3.40. The molecular formula is C14H23N3O3S. The molecule has 0 bridgehead atoms. The van der Waals surface area contributed by atoms with Gasteiger partial charge in [0, 0.05) is 38.1 Å². The summed E-state index contributed by atoms with van der Waals surface area (Å²) in [5, 5.41) is 0. The van der Waals surface area contributed by atoms with Gasteiger partial charge in [-0.15, -0.1) is 0 Å². The molecule has 1 fully saturated rings. The van der Waals surface area contributed by atoms with Crippen LogP contribution in [-0.2, 0) is 21.5 Å². The van der Waals surface area contributed by atoms with Gasteiger partial charge in [0.05, 0.1) is 19.3 Å². The average molecular weight is 313 g/mol. The molecule has 118 valence electrons. The molecule has 2 aliphatic heterocycles. The third kappa shape index (κ3) is 2.75. The van der Waals surface area contributed by atoms with E-state index >= 15 is 0 Å². The molecule has 0 aliphatic carbocycles. The molecule has 7 heteroatoms. The Morgan fingerprint density at radius 1 is 1.24 bits per heavy atom. The van der Waals surface area contributed by atoms with Gasteiger partial charge in [-0.1, -0.05) is 13.3 Å². The van der Waals surface area contributed by atoms with Crippen molar-refractivity contribution >= 4 is 10.2 Å². The standard InChI is InChI=1S/C14H23N3O3S/c1-2-4-14-13-5-3-6-15(13)7-8-17(14)21(18,19)16-9-11-20-12-10-16/h3,5-6,14H,2,4,7-12H2,1H3/t14-/m1/s1. The maximum atomic E-state index is 12.9. The second-order valence-electron chi connectivity index (χ2n) is 5.56. The molecule has 1 aromatic rings. The Morgan fingerprint density at radius 2 is 2.00 bits per heavy atom. The van der Waals surface area contributed by atoms with Gasteiger partial charge in [0.25, 0.3) is 10.2 Å². The van der Waals surface area contributed by atoms with E-state index in [-0.39, 0.29) is 6.04 Å². The smallest absolute Gasteiger partial charge is 0.282 e. The lowest BCUT2D eigenvalue weighted by Gasteiger charge is -2.39. The highest BCUT2D eigenvalue weighted by Gasteiger charge is 2.38. The summed E-state index contributed by atoms with van der Waals surface area (Å²) in [5.41, 5.74) is 1.11. The van der Waals surface area contributed by atoms with Crippen LogP contribution in [0.3, 0.4) is 0 Å². The van der Waals surface area contributed by atoms with Crippen LogP contribution in [0.25, 0.3) is 0 Å². The molecule has 1 aromatic heterocycles. The molecule has 0 saturated carbocycles. The summed E-state index contributed by atoms with van der Waals surface area (Å²) in [4.78, 5) is 0. The van der Waals surface area contributed by atoms with Gasteiger partial charge in [-0.3, -0.25) is 0 Å². The molecule has 0 aromatic carbocycles. The van der Waals surface area contributed by atoms with Crippen molar-refractivity contribution in [3.05, 3.63) is 24.0 Å². The summed E-state index contributed by atoms with van der Waals surface area (Å²) in [5.74, 6) is 0. The quantitative estimate of drug-likeness (QED) is 0.840. The number of rotatable bonds is 4. The van der Waals surface area contributed by atoms with Gasteiger partial charge in [-0.2, -0.15) is 17.0 Å². The normalized spacial score (nSPS) is 24.9. The Morgan fingerprint density at radius 3 is 2.71 bits per heavy atom. The van der Waals surface area contributed by atoms with E-state index in [1.165, 1.54) is 0 Å². The van der Waals surface area contributed by atoms with Crippen LogP contribution in [0.5, 0.6) is 0 Å². The predicted molar refractivity (Wildman–Crippen MR) is 80.1 cm³/mol. The van der Waals surface area contributed by atoms with E-state index in [1.54, 1.807) is 8.61 Å². The Bertz CT molecular complexity index is 578. The van der Waals surface area contributed by atoms with E-state index in [4.69, 9.17) is 4.74 Å². The van der Waals surface area contributed by atoms with Crippen LogP contribution in [-0.4, -0.2) is 54.4 Å². The van der Waals surface area contributed by atoms with Gasteiger partial charge in [0.15, 0.2) is 0 Å². The zero-order valence-corrected chi connectivity index (χ0v) is 13.3. The Hall–Kier alpha value is -0.890. The van der Waals surface area contributed by atoms with Crippen molar-refractivity contribution in [3.8, 4) is 0 Å². The molecule has 0 radical (unpaired) electrons. The molecule has 0 unspecified atom stereocenters. The zero-order valence-electron chi connectivity index (χ0n) is 12.4. The predicted octanol–water partition coefficient (Wildman–Crippen LogP) is 1.22. The van der Waals surface area contributed by atoms with E-state index in [1.807, 2.05) is 18.3 Å². The lowest BCUT2D eigenvalue weighted by Crippen LogP contribution is -2.52. The highest BCUT2D eigenvalue weighted by molar-refractivity contribution is 7.86. The first-order valence-electron chi connectivity index (χ1n) is 7.64. The fraction of sp³-hybridized carbons (Fsp3) is 0.714. The van der Waals surface area contributed by atoms with Crippen LogP contribution < -0.4 is 0 Å². The van der Waals surface area contributed by atoms with Crippen LogP contribution in [0.2, 0.25) is 0 Å². The summed E-state index contributed by atoms with van der Waals surface area (Å²) in [6.45, 7) is 5.26. The maximum Gasteiger partial charge on any atom is 0.282 e. The van der Waals surface area contributed by atoms with E-state index in [0.29, 0.717) is 32.8 Å². The molecule has 0 N–H and O–H groups in total.